The van der Waals surface area contributed by atoms with Crippen molar-refractivity contribution in [1.82, 2.24) is 25.5 Å². The monoisotopic (exact) mass is 413 g/mol. The van der Waals surface area contributed by atoms with Gasteiger partial charge in [-0.05, 0) is 50.1 Å². The maximum atomic E-state index is 13.7. The fourth-order valence-corrected chi connectivity index (χ4v) is 3.38. The van der Waals surface area contributed by atoms with Gasteiger partial charge in [0.25, 0.3) is 0 Å². The summed E-state index contributed by atoms with van der Waals surface area (Å²) in [6, 6.07) is 7.12. The average molecular weight is 414 g/mol. The van der Waals surface area contributed by atoms with Crippen LogP contribution in [0.15, 0.2) is 41.7 Å². The van der Waals surface area contributed by atoms with E-state index in [0.29, 0.717) is 12.1 Å². The predicted octanol–water partition coefficient (Wildman–Crippen LogP) is 2.19. The Hall–Kier alpha value is -2.74. The molecule has 1 fully saturated rings. The molecule has 2 N–H and O–H groups in total. The average Bonchev–Trinajstić information content (AvgIpc) is 2.78. The number of rotatable bonds is 8. The van der Waals surface area contributed by atoms with Crippen molar-refractivity contribution in [1.29, 1.82) is 0 Å². The van der Waals surface area contributed by atoms with Gasteiger partial charge in [0, 0.05) is 51.7 Å². The van der Waals surface area contributed by atoms with Gasteiger partial charge in [0.05, 0.1) is 6.54 Å². The molecule has 0 atom stereocenters. The van der Waals surface area contributed by atoms with Gasteiger partial charge in [-0.15, -0.1) is 0 Å². The largest absolute Gasteiger partial charge is 0.357 e. The highest BCUT2D eigenvalue weighted by Gasteiger charge is 2.18. The summed E-state index contributed by atoms with van der Waals surface area (Å²) < 4.78 is 13.7. The molecule has 3 rings (SSSR count). The normalized spacial score (nSPS) is 15.3. The molecular formula is C22H32FN7. The number of nitrogens with zero attached hydrogens (tertiary/aromatic N) is 5. The number of aryl methyl sites for hydroxylation is 1. The van der Waals surface area contributed by atoms with Crippen molar-refractivity contribution >= 4 is 11.9 Å². The fourth-order valence-electron chi connectivity index (χ4n) is 3.38. The van der Waals surface area contributed by atoms with E-state index in [1.165, 1.54) is 0 Å². The van der Waals surface area contributed by atoms with Crippen LogP contribution < -0.4 is 15.5 Å². The third-order valence-electron chi connectivity index (χ3n) is 5.15. The van der Waals surface area contributed by atoms with E-state index in [9.17, 15) is 4.39 Å². The number of guanidine groups is 1. The first kappa shape index (κ1) is 22.0. The molecule has 1 saturated heterocycles. The van der Waals surface area contributed by atoms with Crippen LogP contribution in [0, 0.1) is 12.7 Å². The van der Waals surface area contributed by atoms with Gasteiger partial charge in [0.2, 0.25) is 5.95 Å². The number of anilines is 1. The second-order valence-corrected chi connectivity index (χ2v) is 7.44. The number of aromatic nitrogens is 2. The van der Waals surface area contributed by atoms with Gasteiger partial charge >= 0.3 is 0 Å². The molecule has 0 radical (unpaired) electrons. The number of hydrogen-bond acceptors (Lipinski definition) is 5. The molecule has 0 bridgehead atoms. The zero-order valence-corrected chi connectivity index (χ0v) is 17.9. The van der Waals surface area contributed by atoms with Crippen LogP contribution in [0.3, 0.4) is 0 Å². The number of benzene rings is 1. The maximum Gasteiger partial charge on any atom is 0.225 e. The summed E-state index contributed by atoms with van der Waals surface area (Å²) in [5, 5.41) is 6.63. The molecule has 162 valence electrons. The summed E-state index contributed by atoms with van der Waals surface area (Å²) in [6.07, 6.45) is 4.61. The third-order valence-corrected chi connectivity index (χ3v) is 5.15. The van der Waals surface area contributed by atoms with Gasteiger partial charge in [-0.3, -0.25) is 4.90 Å². The summed E-state index contributed by atoms with van der Waals surface area (Å²) >= 11 is 0. The highest BCUT2D eigenvalue weighted by molar-refractivity contribution is 5.79. The van der Waals surface area contributed by atoms with Crippen molar-refractivity contribution < 1.29 is 4.39 Å². The zero-order chi connectivity index (χ0) is 21.2. The first-order chi connectivity index (χ1) is 14.7. The van der Waals surface area contributed by atoms with Crippen LogP contribution in [0.2, 0.25) is 0 Å². The Morgan fingerprint density at radius 2 is 1.90 bits per heavy atom. The number of piperazine rings is 1. The van der Waals surface area contributed by atoms with Gasteiger partial charge in [-0.1, -0.05) is 12.1 Å². The summed E-state index contributed by atoms with van der Waals surface area (Å²) in [6.45, 7) is 10.9. The van der Waals surface area contributed by atoms with Crippen LogP contribution in [-0.2, 0) is 6.54 Å². The Labute approximate surface area is 178 Å². The predicted molar refractivity (Wildman–Crippen MR) is 119 cm³/mol. The Morgan fingerprint density at radius 3 is 2.60 bits per heavy atom. The highest BCUT2D eigenvalue weighted by Crippen LogP contribution is 2.11. The summed E-state index contributed by atoms with van der Waals surface area (Å²) in [5.41, 5.74) is 1.53. The van der Waals surface area contributed by atoms with E-state index in [-0.39, 0.29) is 5.82 Å². The molecular weight excluding hydrogens is 381 g/mol. The van der Waals surface area contributed by atoms with Crippen LogP contribution in [0.4, 0.5) is 10.3 Å². The highest BCUT2D eigenvalue weighted by atomic mass is 19.1. The van der Waals surface area contributed by atoms with Crippen molar-refractivity contribution in [2.24, 2.45) is 4.99 Å². The minimum absolute atomic E-state index is 0.181. The standard InChI is InChI=1S/C22H32FN7/c1-3-24-21(28-17-19-7-6-18(2)20(23)16-19)25-10-5-11-29-12-14-30(15-13-29)22-26-8-4-9-27-22/h4,6-9,16H,3,5,10-15,17H2,1-2H3,(H2,24,25,28). The number of hydrogen-bond donors (Lipinski definition) is 2. The quantitative estimate of drug-likeness (QED) is 0.393. The molecule has 0 aliphatic carbocycles. The lowest BCUT2D eigenvalue weighted by Crippen LogP contribution is -2.47. The number of nitrogens with one attached hydrogen (secondary N) is 2. The molecule has 2 aromatic rings. The lowest BCUT2D eigenvalue weighted by Gasteiger charge is -2.34. The van der Waals surface area contributed by atoms with E-state index >= 15 is 0 Å². The Morgan fingerprint density at radius 1 is 1.13 bits per heavy atom. The molecule has 30 heavy (non-hydrogen) atoms. The second-order valence-electron chi connectivity index (χ2n) is 7.44. The minimum Gasteiger partial charge on any atom is -0.357 e. The molecule has 8 heteroatoms. The lowest BCUT2D eigenvalue weighted by molar-refractivity contribution is 0.254. The van der Waals surface area contributed by atoms with E-state index in [0.717, 1.165) is 69.7 Å². The smallest absolute Gasteiger partial charge is 0.225 e. The van der Waals surface area contributed by atoms with Crippen molar-refractivity contribution in [2.45, 2.75) is 26.8 Å². The van der Waals surface area contributed by atoms with Gasteiger partial charge in [-0.25, -0.2) is 19.4 Å². The van der Waals surface area contributed by atoms with E-state index in [1.54, 1.807) is 31.5 Å². The molecule has 0 spiro atoms. The Kier molecular flexibility index (Phi) is 8.38. The Bertz CT molecular complexity index is 804. The molecule has 0 saturated carbocycles. The van der Waals surface area contributed by atoms with Crippen molar-refractivity contribution in [3.63, 3.8) is 0 Å². The van der Waals surface area contributed by atoms with Gasteiger partial charge in [-0.2, -0.15) is 0 Å². The summed E-state index contributed by atoms with van der Waals surface area (Å²) in [7, 11) is 0. The summed E-state index contributed by atoms with van der Waals surface area (Å²) in [5.74, 6) is 1.41. The maximum absolute atomic E-state index is 13.7. The molecule has 1 aromatic carbocycles. The van der Waals surface area contributed by atoms with E-state index in [4.69, 9.17) is 0 Å². The molecule has 0 amide bonds. The lowest BCUT2D eigenvalue weighted by atomic mass is 10.1. The van der Waals surface area contributed by atoms with E-state index in [1.807, 2.05) is 19.1 Å². The first-order valence-corrected chi connectivity index (χ1v) is 10.7. The molecule has 0 unspecified atom stereocenters. The first-order valence-electron chi connectivity index (χ1n) is 10.7. The summed E-state index contributed by atoms with van der Waals surface area (Å²) in [4.78, 5) is 18.0. The number of halogens is 1. The van der Waals surface area contributed by atoms with Crippen LogP contribution in [0.25, 0.3) is 0 Å². The van der Waals surface area contributed by atoms with Gasteiger partial charge in [0.1, 0.15) is 5.82 Å². The topological polar surface area (TPSA) is 68.7 Å². The number of aliphatic imine (C=N–C) groups is 1. The molecule has 1 aliphatic heterocycles. The van der Waals surface area contributed by atoms with Crippen molar-refractivity contribution in [2.75, 3.05) is 50.7 Å². The van der Waals surface area contributed by atoms with E-state index < -0.39 is 0 Å². The van der Waals surface area contributed by atoms with Crippen LogP contribution in [-0.4, -0.2) is 66.6 Å². The molecule has 1 aliphatic rings. The van der Waals surface area contributed by atoms with Crippen molar-refractivity contribution in [3.05, 3.63) is 53.6 Å². The Balaban J connectivity index is 1.38. The van der Waals surface area contributed by atoms with Crippen molar-refractivity contribution in [3.8, 4) is 0 Å². The van der Waals surface area contributed by atoms with Crippen LogP contribution in [0.1, 0.15) is 24.5 Å². The fraction of sp³-hybridized carbons (Fsp3) is 0.500. The third kappa shape index (κ3) is 6.66. The van der Waals surface area contributed by atoms with Gasteiger partial charge in [0.15, 0.2) is 5.96 Å². The van der Waals surface area contributed by atoms with E-state index in [2.05, 4.69) is 35.4 Å². The molecule has 1 aromatic heterocycles. The zero-order valence-electron chi connectivity index (χ0n) is 17.9. The molecule has 2 heterocycles. The van der Waals surface area contributed by atoms with Gasteiger partial charge < -0.3 is 15.5 Å². The molecule has 7 nitrogen and oxygen atoms in total. The van der Waals surface area contributed by atoms with Crippen LogP contribution >= 0.6 is 0 Å². The second kappa shape index (κ2) is 11.4. The minimum atomic E-state index is -0.181. The SMILES string of the molecule is CCNC(=NCc1ccc(C)c(F)c1)NCCCN1CCN(c2ncccn2)CC1. The van der Waals surface area contributed by atoms with Crippen LogP contribution in [0.5, 0.6) is 0 Å².